The predicted octanol–water partition coefficient (Wildman–Crippen LogP) is 0.732. The summed E-state index contributed by atoms with van der Waals surface area (Å²) < 4.78 is 48.8. The quantitative estimate of drug-likeness (QED) is 0.731. The summed E-state index contributed by atoms with van der Waals surface area (Å²) in [5.41, 5.74) is -0.117. The molecule has 2 atom stereocenters. The van der Waals surface area contributed by atoms with Gasteiger partial charge in [0.2, 0.25) is 0 Å². The molecule has 128 valence electrons. The molecule has 1 aliphatic heterocycles. The van der Waals surface area contributed by atoms with E-state index in [-0.39, 0.29) is 36.1 Å². The van der Waals surface area contributed by atoms with Crippen molar-refractivity contribution in [3.05, 3.63) is 35.4 Å². The number of carbonyl (C=O) groups excluding carboxylic acids is 1. The number of aliphatic hydroxyl groups is 1. The third kappa shape index (κ3) is 5.14. The predicted molar refractivity (Wildman–Crippen MR) is 79.5 cm³/mol. The SMILES string of the molecule is O=C(NC[C@@H]1CCS(=O)(=O)C1)NC[C@@H](O)c1ccc(F)cc1F. The van der Waals surface area contributed by atoms with Crippen LogP contribution in [0.25, 0.3) is 0 Å². The molecule has 1 aromatic rings. The fourth-order valence-corrected chi connectivity index (χ4v) is 4.27. The van der Waals surface area contributed by atoms with Crippen LogP contribution >= 0.6 is 0 Å². The minimum absolute atomic E-state index is 0.0523. The summed E-state index contributed by atoms with van der Waals surface area (Å²) in [6, 6.07) is 2.19. The van der Waals surface area contributed by atoms with E-state index >= 15 is 0 Å². The highest BCUT2D eigenvalue weighted by Gasteiger charge is 2.27. The molecule has 3 N–H and O–H groups in total. The van der Waals surface area contributed by atoms with E-state index in [2.05, 4.69) is 10.6 Å². The molecule has 1 saturated heterocycles. The number of hydrogen-bond donors (Lipinski definition) is 3. The summed E-state index contributed by atoms with van der Waals surface area (Å²) in [7, 11) is -3.00. The van der Waals surface area contributed by atoms with Gasteiger partial charge in [-0.3, -0.25) is 0 Å². The van der Waals surface area contributed by atoms with Crippen LogP contribution in [-0.4, -0.2) is 44.2 Å². The maximum absolute atomic E-state index is 13.5. The monoisotopic (exact) mass is 348 g/mol. The van der Waals surface area contributed by atoms with Gasteiger partial charge in [0, 0.05) is 24.7 Å². The topological polar surface area (TPSA) is 95.5 Å². The first kappa shape index (κ1) is 17.6. The van der Waals surface area contributed by atoms with Gasteiger partial charge >= 0.3 is 6.03 Å². The Morgan fingerprint density at radius 3 is 2.70 bits per heavy atom. The lowest BCUT2D eigenvalue weighted by Crippen LogP contribution is -2.40. The van der Waals surface area contributed by atoms with Crippen LogP contribution in [-0.2, 0) is 9.84 Å². The highest BCUT2D eigenvalue weighted by molar-refractivity contribution is 7.91. The van der Waals surface area contributed by atoms with Crippen LogP contribution in [0.2, 0.25) is 0 Å². The number of nitrogens with one attached hydrogen (secondary N) is 2. The van der Waals surface area contributed by atoms with Crippen molar-refractivity contribution in [3.8, 4) is 0 Å². The minimum Gasteiger partial charge on any atom is -0.386 e. The van der Waals surface area contributed by atoms with Crippen LogP contribution in [0.5, 0.6) is 0 Å². The van der Waals surface area contributed by atoms with E-state index in [0.29, 0.717) is 12.5 Å². The smallest absolute Gasteiger partial charge is 0.314 e. The van der Waals surface area contributed by atoms with Crippen molar-refractivity contribution in [2.24, 2.45) is 5.92 Å². The van der Waals surface area contributed by atoms with Crippen molar-refractivity contribution in [1.82, 2.24) is 10.6 Å². The number of sulfone groups is 1. The van der Waals surface area contributed by atoms with E-state index in [1.165, 1.54) is 0 Å². The summed E-state index contributed by atoms with van der Waals surface area (Å²) in [5, 5.41) is 14.7. The van der Waals surface area contributed by atoms with E-state index in [9.17, 15) is 27.1 Å². The number of amides is 2. The highest BCUT2D eigenvalue weighted by Crippen LogP contribution is 2.18. The Bertz CT molecular complexity index is 681. The van der Waals surface area contributed by atoms with Crippen LogP contribution in [0.15, 0.2) is 18.2 Å². The van der Waals surface area contributed by atoms with Crippen LogP contribution in [0.4, 0.5) is 13.6 Å². The van der Waals surface area contributed by atoms with Gasteiger partial charge in [0.05, 0.1) is 17.6 Å². The van der Waals surface area contributed by atoms with Gasteiger partial charge in [-0.1, -0.05) is 6.07 Å². The van der Waals surface area contributed by atoms with Crippen LogP contribution in [0, 0.1) is 17.6 Å². The molecule has 0 bridgehead atoms. The normalized spacial score (nSPS) is 20.9. The van der Waals surface area contributed by atoms with Crippen molar-refractivity contribution < 1.29 is 27.1 Å². The molecule has 0 radical (unpaired) electrons. The zero-order chi connectivity index (χ0) is 17.0. The second-order valence-electron chi connectivity index (χ2n) is 5.54. The summed E-state index contributed by atoms with van der Waals surface area (Å²) >= 11 is 0. The first-order valence-corrected chi connectivity index (χ1v) is 8.94. The van der Waals surface area contributed by atoms with Gasteiger partial charge in [-0.2, -0.15) is 0 Å². The molecule has 9 heteroatoms. The Balaban J connectivity index is 1.75. The van der Waals surface area contributed by atoms with Crippen molar-refractivity contribution in [2.45, 2.75) is 12.5 Å². The molecule has 2 rings (SSSR count). The molecule has 1 heterocycles. The van der Waals surface area contributed by atoms with E-state index in [1.807, 2.05) is 0 Å². The molecular formula is C14H18F2N2O4S. The Kier molecular flexibility index (Phi) is 5.53. The third-order valence-corrected chi connectivity index (χ3v) is 5.49. The van der Waals surface area contributed by atoms with Gasteiger partial charge in [-0.25, -0.2) is 22.0 Å². The number of halogens is 2. The average molecular weight is 348 g/mol. The fraction of sp³-hybridized carbons (Fsp3) is 0.500. The molecule has 1 aromatic carbocycles. The first-order valence-electron chi connectivity index (χ1n) is 7.12. The van der Waals surface area contributed by atoms with Crippen molar-refractivity contribution >= 4 is 15.9 Å². The maximum Gasteiger partial charge on any atom is 0.314 e. The third-order valence-electron chi connectivity index (χ3n) is 3.66. The molecule has 1 fully saturated rings. The largest absolute Gasteiger partial charge is 0.386 e. The van der Waals surface area contributed by atoms with Crippen LogP contribution in [0.3, 0.4) is 0 Å². The molecule has 0 saturated carbocycles. The lowest BCUT2D eigenvalue weighted by atomic mass is 10.1. The molecule has 6 nitrogen and oxygen atoms in total. The number of rotatable bonds is 5. The number of carbonyl (C=O) groups is 1. The molecule has 0 spiro atoms. The highest BCUT2D eigenvalue weighted by atomic mass is 32.2. The molecule has 1 aliphatic rings. The summed E-state index contributed by atoms with van der Waals surface area (Å²) in [4.78, 5) is 11.6. The zero-order valence-electron chi connectivity index (χ0n) is 12.3. The van der Waals surface area contributed by atoms with Gasteiger partial charge in [-0.15, -0.1) is 0 Å². The second-order valence-corrected chi connectivity index (χ2v) is 7.77. The second kappa shape index (κ2) is 7.22. The van der Waals surface area contributed by atoms with Gasteiger partial charge in [-0.05, 0) is 18.4 Å². The van der Waals surface area contributed by atoms with Gasteiger partial charge in [0.25, 0.3) is 0 Å². The molecule has 2 amide bonds. The lowest BCUT2D eigenvalue weighted by molar-refractivity contribution is 0.168. The average Bonchev–Trinajstić information content (AvgIpc) is 2.82. The summed E-state index contributed by atoms with van der Waals surface area (Å²) in [6.45, 7) is -0.0383. The van der Waals surface area contributed by atoms with E-state index in [1.54, 1.807) is 0 Å². The Morgan fingerprint density at radius 1 is 1.35 bits per heavy atom. The van der Waals surface area contributed by atoms with Gasteiger partial charge < -0.3 is 15.7 Å². The minimum atomic E-state index is -3.00. The van der Waals surface area contributed by atoms with Crippen LogP contribution < -0.4 is 10.6 Å². The number of hydrogen-bond acceptors (Lipinski definition) is 4. The lowest BCUT2D eigenvalue weighted by Gasteiger charge is -2.15. The van der Waals surface area contributed by atoms with E-state index < -0.39 is 33.6 Å². The molecule has 0 unspecified atom stereocenters. The molecule has 23 heavy (non-hydrogen) atoms. The molecule has 0 aromatic heterocycles. The number of aliphatic hydroxyl groups excluding tert-OH is 1. The molecular weight excluding hydrogens is 330 g/mol. The van der Waals surface area contributed by atoms with Crippen LogP contribution in [0.1, 0.15) is 18.1 Å². The number of benzene rings is 1. The van der Waals surface area contributed by atoms with Gasteiger partial charge in [0.1, 0.15) is 11.6 Å². The van der Waals surface area contributed by atoms with E-state index in [0.717, 1.165) is 12.1 Å². The number of urea groups is 1. The summed E-state index contributed by atoms with van der Waals surface area (Å²) in [6.07, 6.45) is -0.806. The fourth-order valence-electron chi connectivity index (χ4n) is 2.40. The van der Waals surface area contributed by atoms with E-state index in [4.69, 9.17) is 0 Å². The standard InChI is InChI=1S/C14H18F2N2O4S/c15-10-1-2-11(12(16)5-10)13(19)7-18-14(20)17-6-9-3-4-23(21,22)8-9/h1-2,5,9,13,19H,3-4,6-8H2,(H2,17,18,20)/t9-,13+/m0/s1. The van der Waals surface area contributed by atoms with Gasteiger partial charge in [0.15, 0.2) is 9.84 Å². The molecule has 0 aliphatic carbocycles. The summed E-state index contributed by atoms with van der Waals surface area (Å²) in [5.74, 6) is -1.59. The zero-order valence-corrected chi connectivity index (χ0v) is 13.1. The van der Waals surface area contributed by atoms with Crippen molar-refractivity contribution in [3.63, 3.8) is 0 Å². The Morgan fingerprint density at radius 2 is 2.09 bits per heavy atom. The maximum atomic E-state index is 13.5. The van der Waals surface area contributed by atoms with Crippen molar-refractivity contribution in [1.29, 1.82) is 0 Å². The Labute approximate surface area is 132 Å². The van der Waals surface area contributed by atoms with Crippen molar-refractivity contribution in [2.75, 3.05) is 24.6 Å². The Hall–Kier alpha value is -1.74. The first-order chi connectivity index (χ1) is 10.8.